The minimum atomic E-state index is 0.220. The zero-order chi connectivity index (χ0) is 9.97. The van der Waals surface area contributed by atoms with Crippen LogP contribution in [0.25, 0.3) is 0 Å². The van der Waals surface area contributed by atoms with Crippen LogP contribution in [0.15, 0.2) is 11.4 Å². The average Bonchev–Trinajstić information content (AvgIpc) is 2.65. The van der Waals surface area contributed by atoms with E-state index in [1.165, 1.54) is 0 Å². The van der Waals surface area contributed by atoms with Crippen LogP contribution in [0.5, 0.6) is 0 Å². The van der Waals surface area contributed by atoms with Crippen LogP contribution in [0, 0.1) is 6.92 Å². The molecule has 1 fully saturated rings. The highest BCUT2D eigenvalue weighted by Crippen LogP contribution is 2.20. The van der Waals surface area contributed by atoms with Gasteiger partial charge in [0.2, 0.25) is 0 Å². The molecule has 0 radical (unpaired) electrons. The van der Waals surface area contributed by atoms with Gasteiger partial charge in [-0.05, 0) is 23.9 Å². The van der Waals surface area contributed by atoms with E-state index in [0.29, 0.717) is 0 Å². The molecule has 0 spiro atoms. The van der Waals surface area contributed by atoms with E-state index in [1.54, 1.807) is 11.3 Å². The third-order valence-electron chi connectivity index (χ3n) is 2.35. The summed E-state index contributed by atoms with van der Waals surface area (Å²) < 4.78 is 0. The van der Waals surface area contributed by atoms with E-state index in [0.717, 1.165) is 35.0 Å². The lowest BCUT2D eigenvalue weighted by Gasteiger charge is -2.26. The summed E-state index contributed by atoms with van der Waals surface area (Å²) in [6.45, 7) is 3.81. The number of carbonyl (C=O) groups is 1. The fourth-order valence-corrected chi connectivity index (χ4v) is 3.30. The summed E-state index contributed by atoms with van der Waals surface area (Å²) >= 11 is 3.48. The van der Waals surface area contributed by atoms with Crippen molar-refractivity contribution in [1.82, 2.24) is 4.90 Å². The van der Waals surface area contributed by atoms with Gasteiger partial charge >= 0.3 is 0 Å². The molecule has 0 unspecified atom stereocenters. The molecule has 2 rings (SSSR count). The van der Waals surface area contributed by atoms with E-state index in [4.69, 9.17) is 0 Å². The summed E-state index contributed by atoms with van der Waals surface area (Å²) in [6.07, 6.45) is 0. The van der Waals surface area contributed by atoms with E-state index >= 15 is 0 Å². The maximum Gasteiger partial charge on any atom is 0.264 e. The molecule has 1 aromatic rings. The maximum atomic E-state index is 12.0. The number of rotatable bonds is 1. The first-order chi connectivity index (χ1) is 6.79. The number of carbonyl (C=O) groups excluding carboxylic acids is 1. The minimum absolute atomic E-state index is 0.220. The van der Waals surface area contributed by atoms with Crippen molar-refractivity contribution in [2.24, 2.45) is 0 Å². The number of hydrogen-bond acceptors (Lipinski definition) is 3. The van der Waals surface area contributed by atoms with E-state index < -0.39 is 0 Å². The van der Waals surface area contributed by atoms with Gasteiger partial charge < -0.3 is 4.90 Å². The third-order valence-corrected chi connectivity index (χ3v) is 4.30. The highest BCUT2D eigenvalue weighted by atomic mass is 32.2. The van der Waals surface area contributed by atoms with Crippen molar-refractivity contribution in [2.75, 3.05) is 24.6 Å². The van der Waals surface area contributed by atoms with Crippen LogP contribution in [0.1, 0.15) is 15.2 Å². The molecule has 1 saturated heterocycles. The van der Waals surface area contributed by atoms with E-state index in [9.17, 15) is 4.79 Å². The lowest BCUT2D eigenvalue weighted by atomic mass is 10.2. The molecule has 2 heterocycles. The molecule has 0 bridgehead atoms. The quantitative estimate of drug-likeness (QED) is 0.733. The second-order valence-corrected chi connectivity index (χ2v) is 5.48. The summed E-state index contributed by atoms with van der Waals surface area (Å²) in [4.78, 5) is 14.9. The van der Waals surface area contributed by atoms with Gasteiger partial charge in [-0.1, -0.05) is 0 Å². The molecule has 0 aromatic carbocycles. The second kappa shape index (κ2) is 4.36. The third kappa shape index (κ3) is 1.96. The van der Waals surface area contributed by atoms with Crippen molar-refractivity contribution in [1.29, 1.82) is 0 Å². The summed E-state index contributed by atoms with van der Waals surface area (Å²) in [5.74, 6) is 2.38. The molecule has 76 valence electrons. The molecule has 0 atom stereocenters. The minimum Gasteiger partial charge on any atom is -0.336 e. The summed E-state index contributed by atoms with van der Waals surface area (Å²) in [6, 6.07) is 2.01. The van der Waals surface area contributed by atoms with E-state index in [2.05, 4.69) is 0 Å². The van der Waals surface area contributed by atoms with Gasteiger partial charge in [0.25, 0.3) is 5.91 Å². The first-order valence-electron chi connectivity index (χ1n) is 4.70. The highest BCUT2D eigenvalue weighted by Gasteiger charge is 2.20. The molecule has 1 aromatic heterocycles. The van der Waals surface area contributed by atoms with Crippen molar-refractivity contribution in [3.8, 4) is 0 Å². The molecule has 0 N–H and O–H groups in total. The van der Waals surface area contributed by atoms with Crippen LogP contribution in [0.4, 0.5) is 0 Å². The number of amides is 1. The van der Waals surface area contributed by atoms with Crippen LogP contribution < -0.4 is 0 Å². The molecular weight excluding hydrogens is 214 g/mol. The fourth-order valence-electron chi connectivity index (χ4n) is 1.50. The Morgan fingerprint density at radius 1 is 1.43 bits per heavy atom. The second-order valence-electron chi connectivity index (χ2n) is 3.34. The molecule has 4 heteroatoms. The topological polar surface area (TPSA) is 20.3 Å². The van der Waals surface area contributed by atoms with Crippen molar-refractivity contribution in [3.63, 3.8) is 0 Å². The van der Waals surface area contributed by atoms with Crippen LogP contribution in [-0.4, -0.2) is 35.4 Å². The Morgan fingerprint density at radius 2 is 2.14 bits per heavy atom. The highest BCUT2D eigenvalue weighted by molar-refractivity contribution is 7.99. The maximum absolute atomic E-state index is 12.0. The number of thiophene rings is 1. The monoisotopic (exact) mass is 227 g/mol. The zero-order valence-electron chi connectivity index (χ0n) is 8.16. The van der Waals surface area contributed by atoms with Gasteiger partial charge in [0.1, 0.15) is 0 Å². The molecule has 1 amide bonds. The van der Waals surface area contributed by atoms with Crippen LogP contribution in [0.3, 0.4) is 0 Å². The molecule has 1 aliphatic rings. The number of thioether (sulfide) groups is 1. The van der Waals surface area contributed by atoms with Crippen LogP contribution in [0.2, 0.25) is 0 Å². The molecule has 0 aliphatic carbocycles. The SMILES string of the molecule is Cc1ccsc1C(=O)N1CCSCC1. The van der Waals surface area contributed by atoms with Gasteiger partial charge in [0, 0.05) is 24.6 Å². The fraction of sp³-hybridized carbons (Fsp3) is 0.500. The van der Waals surface area contributed by atoms with Crippen molar-refractivity contribution >= 4 is 29.0 Å². The van der Waals surface area contributed by atoms with E-state index in [1.807, 2.05) is 35.0 Å². The number of hydrogen-bond donors (Lipinski definition) is 0. The molecule has 1 aliphatic heterocycles. The standard InChI is InChI=1S/C10H13NOS2/c1-8-2-5-14-9(8)10(12)11-3-6-13-7-4-11/h2,5H,3-4,6-7H2,1H3. The Kier molecular flexibility index (Phi) is 3.13. The lowest BCUT2D eigenvalue weighted by molar-refractivity contribution is 0.0776. The Bertz CT molecular complexity index is 329. The predicted molar refractivity (Wildman–Crippen MR) is 62.3 cm³/mol. The molecule has 0 saturated carbocycles. The van der Waals surface area contributed by atoms with Gasteiger partial charge in [-0.25, -0.2) is 0 Å². The first kappa shape index (κ1) is 10.1. The number of nitrogens with zero attached hydrogens (tertiary/aromatic N) is 1. The van der Waals surface area contributed by atoms with Gasteiger partial charge in [-0.3, -0.25) is 4.79 Å². The van der Waals surface area contributed by atoms with Crippen molar-refractivity contribution in [3.05, 3.63) is 21.9 Å². The smallest absolute Gasteiger partial charge is 0.264 e. The lowest BCUT2D eigenvalue weighted by Crippen LogP contribution is -2.37. The van der Waals surface area contributed by atoms with Crippen molar-refractivity contribution in [2.45, 2.75) is 6.92 Å². The van der Waals surface area contributed by atoms with Gasteiger partial charge in [-0.2, -0.15) is 11.8 Å². The largest absolute Gasteiger partial charge is 0.336 e. The Labute approximate surface area is 92.3 Å². The molecular formula is C10H13NOS2. The summed E-state index contributed by atoms with van der Waals surface area (Å²) in [7, 11) is 0. The first-order valence-corrected chi connectivity index (χ1v) is 6.73. The Balaban J connectivity index is 2.11. The Hall–Kier alpha value is -0.480. The predicted octanol–water partition coefficient (Wildman–Crippen LogP) is 2.25. The molecule has 14 heavy (non-hydrogen) atoms. The number of aryl methyl sites for hydroxylation is 1. The van der Waals surface area contributed by atoms with Gasteiger partial charge in [0.05, 0.1) is 4.88 Å². The summed E-state index contributed by atoms with van der Waals surface area (Å²) in [5, 5.41) is 1.99. The van der Waals surface area contributed by atoms with Crippen LogP contribution >= 0.6 is 23.1 Å². The zero-order valence-corrected chi connectivity index (χ0v) is 9.79. The average molecular weight is 227 g/mol. The van der Waals surface area contributed by atoms with Crippen molar-refractivity contribution < 1.29 is 4.79 Å². The normalized spacial score (nSPS) is 17.1. The summed E-state index contributed by atoms with van der Waals surface area (Å²) in [5.41, 5.74) is 1.11. The van der Waals surface area contributed by atoms with Crippen LogP contribution in [-0.2, 0) is 0 Å². The van der Waals surface area contributed by atoms with E-state index in [-0.39, 0.29) is 5.91 Å². The van der Waals surface area contributed by atoms with Gasteiger partial charge in [0.15, 0.2) is 0 Å². The molecule has 2 nitrogen and oxygen atoms in total. The Morgan fingerprint density at radius 3 is 2.71 bits per heavy atom. The van der Waals surface area contributed by atoms with Gasteiger partial charge in [-0.15, -0.1) is 11.3 Å².